The van der Waals surface area contributed by atoms with Gasteiger partial charge in [0, 0.05) is 46.0 Å². The van der Waals surface area contributed by atoms with Gasteiger partial charge < -0.3 is 14.8 Å². The standard InChI is InChI=1S/C22H26FN7O4/c1-26-20-19(21(33)27(2)22(26)34)30(14-24-20)13-18(32)29-9-3-8-28(10-11-29)12-17(31)25-16-6-4-15(23)5-7-16/h4-7,14H,3,8-13H2,1-2H3,(H,25,31). The van der Waals surface area contributed by atoms with E-state index in [1.54, 1.807) is 4.90 Å². The Morgan fingerprint density at radius 3 is 2.47 bits per heavy atom. The number of anilines is 1. The van der Waals surface area contributed by atoms with E-state index in [0.717, 1.165) is 4.57 Å². The average molecular weight is 471 g/mol. The number of carbonyl (C=O) groups is 2. The van der Waals surface area contributed by atoms with Crippen molar-refractivity contribution in [2.75, 3.05) is 38.0 Å². The monoisotopic (exact) mass is 471 g/mol. The molecule has 1 aliphatic rings. The fourth-order valence-corrected chi connectivity index (χ4v) is 4.08. The number of nitrogens with one attached hydrogen (secondary N) is 1. The molecule has 3 aromatic rings. The van der Waals surface area contributed by atoms with Gasteiger partial charge in [0.2, 0.25) is 11.8 Å². The van der Waals surface area contributed by atoms with E-state index in [-0.39, 0.29) is 41.9 Å². The summed E-state index contributed by atoms with van der Waals surface area (Å²) in [4.78, 5) is 57.8. The number of aryl methyl sites for hydroxylation is 1. The second kappa shape index (κ2) is 9.59. The Morgan fingerprint density at radius 1 is 1.00 bits per heavy atom. The molecule has 4 rings (SSSR count). The summed E-state index contributed by atoms with van der Waals surface area (Å²) in [6, 6.07) is 5.57. The summed E-state index contributed by atoms with van der Waals surface area (Å²) in [6.45, 7) is 2.22. The van der Waals surface area contributed by atoms with E-state index in [1.807, 2.05) is 4.90 Å². The lowest BCUT2D eigenvalue weighted by Crippen LogP contribution is -2.40. The molecule has 0 radical (unpaired) electrons. The van der Waals surface area contributed by atoms with E-state index < -0.39 is 11.2 Å². The smallest absolute Gasteiger partial charge is 0.332 e. The minimum absolute atomic E-state index is 0.0744. The molecule has 0 bridgehead atoms. The molecule has 12 heteroatoms. The molecule has 0 spiro atoms. The number of rotatable bonds is 5. The van der Waals surface area contributed by atoms with Crippen molar-refractivity contribution in [1.82, 2.24) is 28.5 Å². The van der Waals surface area contributed by atoms with Crippen molar-refractivity contribution < 1.29 is 14.0 Å². The number of imidazole rings is 1. The second-order valence-electron chi connectivity index (χ2n) is 8.32. The molecule has 11 nitrogen and oxygen atoms in total. The topological polar surface area (TPSA) is 114 Å². The van der Waals surface area contributed by atoms with Crippen molar-refractivity contribution in [3.63, 3.8) is 0 Å². The van der Waals surface area contributed by atoms with Crippen LogP contribution in [0.15, 0.2) is 40.2 Å². The maximum Gasteiger partial charge on any atom is 0.332 e. The number of halogens is 1. The Hall–Kier alpha value is -3.80. The van der Waals surface area contributed by atoms with Gasteiger partial charge in [0.1, 0.15) is 12.4 Å². The van der Waals surface area contributed by atoms with Crippen molar-refractivity contribution in [3.05, 3.63) is 57.2 Å². The van der Waals surface area contributed by atoms with E-state index >= 15 is 0 Å². The van der Waals surface area contributed by atoms with Gasteiger partial charge in [0.05, 0.1) is 12.9 Å². The van der Waals surface area contributed by atoms with Crippen LogP contribution in [0.4, 0.5) is 10.1 Å². The maximum atomic E-state index is 13.0. The van der Waals surface area contributed by atoms with Crippen LogP contribution < -0.4 is 16.6 Å². The van der Waals surface area contributed by atoms with Gasteiger partial charge in [0.15, 0.2) is 11.2 Å². The summed E-state index contributed by atoms with van der Waals surface area (Å²) in [5, 5.41) is 2.74. The normalized spacial score (nSPS) is 14.9. The van der Waals surface area contributed by atoms with Gasteiger partial charge in [-0.3, -0.25) is 28.4 Å². The zero-order valence-electron chi connectivity index (χ0n) is 19.0. The molecule has 3 heterocycles. The molecule has 0 atom stereocenters. The third-order valence-corrected chi connectivity index (χ3v) is 5.96. The van der Waals surface area contributed by atoms with Crippen LogP contribution in [0.2, 0.25) is 0 Å². The summed E-state index contributed by atoms with van der Waals surface area (Å²) < 4.78 is 16.8. The predicted molar refractivity (Wildman–Crippen MR) is 123 cm³/mol. The minimum atomic E-state index is -0.502. The number of benzene rings is 1. The molecule has 1 fully saturated rings. The van der Waals surface area contributed by atoms with Crippen LogP contribution in [0.5, 0.6) is 0 Å². The highest BCUT2D eigenvalue weighted by Gasteiger charge is 2.22. The molecule has 0 unspecified atom stereocenters. The summed E-state index contributed by atoms with van der Waals surface area (Å²) in [5.74, 6) is -0.756. The number of fused-ring (bicyclic) bond motifs is 1. The molecule has 34 heavy (non-hydrogen) atoms. The highest BCUT2D eigenvalue weighted by atomic mass is 19.1. The molecule has 2 aromatic heterocycles. The summed E-state index contributed by atoms with van der Waals surface area (Å²) >= 11 is 0. The number of nitrogens with zero attached hydrogens (tertiary/aromatic N) is 6. The molecule has 1 saturated heterocycles. The van der Waals surface area contributed by atoms with E-state index in [0.29, 0.717) is 38.3 Å². The third-order valence-electron chi connectivity index (χ3n) is 5.96. The lowest BCUT2D eigenvalue weighted by molar-refractivity contribution is -0.131. The van der Waals surface area contributed by atoms with Gasteiger partial charge in [-0.05, 0) is 30.7 Å². The van der Waals surface area contributed by atoms with Gasteiger partial charge in [-0.15, -0.1) is 0 Å². The van der Waals surface area contributed by atoms with Crippen LogP contribution in [0.3, 0.4) is 0 Å². The third kappa shape index (κ3) is 4.76. The maximum absolute atomic E-state index is 13.0. The Morgan fingerprint density at radius 2 is 1.74 bits per heavy atom. The van der Waals surface area contributed by atoms with Gasteiger partial charge in [-0.1, -0.05) is 0 Å². The molecule has 1 aromatic carbocycles. The molecule has 1 N–H and O–H groups in total. The highest BCUT2D eigenvalue weighted by molar-refractivity contribution is 5.92. The SMILES string of the molecule is Cn1c(=O)c2c(ncn2CC(=O)N2CCCN(CC(=O)Nc3ccc(F)cc3)CC2)n(C)c1=O. The molecule has 1 aliphatic heterocycles. The van der Waals surface area contributed by atoms with Gasteiger partial charge >= 0.3 is 5.69 Å². The summed E-state index contributed by atoms with van der Waals surface area (Å²) in [6.07, 6.45) is 2.09. The van der Waals surface area contributed by atoms with Crippen molar-refractivity contribution in [2.24, 2.45) is 14.1 Å². The van der Waals surface area contributed by atoms with E-state index in [9.17, 15) is 23.6 Å². The van der Waals surface area contributed by atoms with Crippen molar-refractivity contribution in [2.45, 2.75) is 13.0 Å². The first-order valence-electron chi connectivity index (χ1n) is 10.9. The quantitative estimate of drug-likeness (QED) is 0.549. The van der Waals surface area contributed by atoms with Crippen molar-refractivity contribution in [3.8, 4) is 0 Å². The molecule has 180 valence electrons. The van der Waals surface area contributed by atoms with Gasteiger partial charge in [-0.2, -0.15) is 0 Å². The lowest BCUT2D eigenvalue weighted by Gasteiger charge is -2.22. The fraction of sp³-hybridized carbons (Fsp3) is 0.409. The van der Waals surface area contributed by atoms with Gasteiger partial charge in [-0.25, -0.2) is 14.2 Å². The molecule has 0 aliphatic carbocycles. The van der Waals surface area contributed by atoms with Crippen LogP contribution >= 0.6 is 0 Å². The van der Waals surface area contributed by atoms with Crippen molar-refractivity contribution in [1.29, 1.82) is 0 Å². The second-order valence-corrected chi connectivity index (χ2v) is 8.32. The lowest BCUT2D eigenvalue weighted by atomic mass is 10.3. The first-order valence-corrected chi connectivity index (χ1v) is 10.9. The summed E-state index contributed by atoms with van der Waals surface area (Å²) in [7, 11) is 2.91. The Kier molecular flexibility index (Phi) is 6.59. The van der Waals surface area contributed by atoms with Crippen LogP contribution in [-0.4, -0.2) is 73.0 Å². The van der Waals surface area contributed by atoms with Gasteiger partial charge in [0.25, 0.3) is 5.56 Å². The molecule has 2 amide bonds. The zero-order chi connectivity index (χ0) is 24.4. The van der Waals surface area contributed by atoms with E-state index in [1.165, 1.54) is 53.8 Å². The first kappa shape index (κ1) is 23.4. The number of carbonyl (C=O) groups excluding carboxylic acids is 2. The van der Waals surface area contributed by atoms with Crippen LogP contribution in [-0.2, 0) is 30.2 Å². The zero-order valence-corrected chi connectivity index (χ0v) is 19.0. The number of hydrogen-bond acceptors (Lipinski definition) is 6. The van der Waals surface area contributed by atoms with Crippen LogP contribution in [0.25, 0.3) is 11.2 Å². The van der Waals surface area contributed by atoms with Crippen LogP contribution in [0, 0.1) is 5.82 Å². The molecular weight excluding hydrogens is 445 g/mol. The highest BCUT2D eigenvalue weighted by Crippen LogP contribution is 2.11. The first-order chi connectivity index (χ1) is 16.2. The van der Waals surface area contributed by atoms with Crippen LogP contribution in [0.1, 0.15) is 6.42 Å². The predicted octanol–water partition coefficient (Wildman–Crippen LogP) is -0.254. The summed E-state index contributed by atoms with van der Waals surface area (Å²) in [5.41, 5.74) is -0.0287. The Balaban J connectivity index is 1.38. The average Bonchev–Trinajstić information content (AvgIpc) is 3.08. The van der Waals surface area contributed by atoms with Crippen molar-refractivity contribution >= 4 is 28.7 Å². The Labute approximate surface area is 194 Å². The number of hydrogen-bond donors (Lipinski definition) is 1. The minimum Gasteiger partial charge on any atom is -0.340 e. The molecular formula is C22H26FN7O4. The number of aromatic nitrogens is 4. The molecule has 0 saturated carbocycles. The largest absolute Gasteiger partial charge is 0.340 e. The van der Waals surface area contributed by atoms with E-state index in [4.69, 9.17) is 0 Å². The number of amides is 2. The fourth-order valence-electron chi connectivity index (χ4n) is 4.08. The Bertz CT molecular complexity index is 1340. The van der Waals surface area contributed by atoms with E-state index in [2.05, 4.69) is 10.3 Å².